The van der Waals surface area contributed by atoms with Crippen LogP contribution >= 0.6 is 0 Å². The first-order valence-electron chi connectivity index (χ1n) is 12.6. The van der Waals surface area contributed by atoms with Crippen LogP contribution in [-0.4, -0.2) is 61.7 Å². The zero-order valence-electron chi connectivity index (χ0n) is 24.1. The second kappa shape index (κ2) is 14.2. The van der Waals surface area contributed by atoms with Crippen LogP contribution in [0.25, 0.3) is 0 Å². The second-order valence-corrected chi connectivity index (χ2v) is 10.4. The first-order chi connectivity index (χ1) is 20.0. The van der Waals surface area contributed by atoms with Crippen LogP contribution in [-0.2, 0) is 16.6 Å². The zero-order chi connectivity index (χ0) is 30.9. The highest BCUT2D eigenvalue weighted by atomic mass is 32.2. The van der Waals surface area contributed by atoms with Crippen molar-refractivity contribution in [2.24, 2.45) is 0 Å². The summed E-state index contributed by atoms with van der Waals surface area (Å²) in [4.78, 5) is 26.1. The third kappa shape index (κ3) is 8.10. The SMILES string of the molecule is CCOc1c(NC(=O)NCc2cc(OC)c(NS(C)(=O)=O)cc2OC)cccc1C(=O)Nc1ccc(OC)c(OC)c1. The summed E-state index contributed by atoms with van der Waals surface area (Å²) in [5.41, 5.74) is 1.65. The molecule has 3 aromatic carbocycles. The maximum Gasteiger partial charge on any atom is 0.319 e. The van der Waals surface area contributed by atoms with E-state index in [0.717, 1.165) is 6.26 Å². The lowest BCUT2D eigenvalue weighted by molar-refractivity contribution is 0.102. The Morgan fingerprint density at radius 1 is 0.786 bits per heavy atom. The summed E-state index contributed by atoms with van der Waals surface area (Å²) in [6.07, 6.45) is 1.02. The number of benzene rings is 3. The molecule has 13 nitrogen and oxygen atoms in total. The van der Waals surface area contributed by atoms with E-state index in [1.165, 1.54) is 34.5 Å². The molecule has 14 heteroatoms. The Hall–Kier alpha value is -4.85. The van der Waals surface area contributed by atoms with Gasteiger partial charge in [-0.1, -0.05) is 6.07 Å². The van der Waals surface area contributed by atoms with Crippen LogP contribution in [0, 0.1) is 0 Å². The largest absolute Gasteiger partial charge is 0.496 e. The van der Waals surface area contributed by atoms with Crippen molar-refractivity contribution in [2.75, 3.05) is 56.7 Å². The van der Waals surface area contributed by atoms with Gasteiger partial charge in [-0.05, 0) is 37.3 Å². The fraction of sp³-hybridized carbons (Fsp3) is 0.286. The maximum absolute atomic E-state index is 13.2. The molecule has 0 fully saturated rings. The van der Waals surface area contributed by atoms with Crippen molar-refractivity contribution < 1.29 is 41.7 Å². The molecule has 0 heterocycles. The molecule has 0 saturated heterocycles. The standard InChI is InChI=1S/C28H34N4O9S/c1-7-41-26-19(27(33)30-18-11-12-22(37-2)25(14-18)40-5)9-8-10-20(26)31-28(34)29-16-17-13-24(39-4)21(15-23(17)38-3)32-42(6,35)36/h8-15,32H,7,16H2,1-6H3,(H,30,33)(H2,29,31,34). The van der Waals surface area contributed by atoms with Crippen LogP contribution in [0.4, 0.5) is 21.9 Å². The molecule has 0 aliphatic carbocycles. The predicted octanol–water partition coefficient (Wildman–Crippen LogP) is 4.07. The van der Waals surface area contributed by atoms with E-state index in [0.29, 0.717) is 28.5 Å². The van der Waals surface area contributed by atoms with Crippen molar-refractivity contribution in [3.05, 3.63) is 59.7 Å². The Balaban J connectivity index is 1.79. The van der Waals surface area contributed by atoms with E-state index >= 15 is 0 Å². The number of amides is 3. The molecule has 3 aromatic rings. The van der Waals surface area contributed by atoms with Crippen LogP contribution in [0.15, 0.2) is 48.5 Å². The number of rotatable bonds is 13. The first-order valence-corrected chi connectivity index (χ1v) is 14.5. The number of carbonyl (C=O) groups excluding carboxylic acids is 2. The van der Waals surface area contributed by atoms with E-state index in [4.69, 9.17) is 23.7 Å². The molecule has 0 aliphatic rings. The lowest BCUT2D eigenvalue weighted by atomic mass is 10.1. The third-order valence-electron chi connectivity index (χ3n) is 5.78. The van der Waals surface area contributed by atoms with Crippen LogP contribution in [0.1, 0.15) is 22.8 Å². The first kappa shape index (κ1) is 31.7. The fourth-order valence-electron chi connectivity index (χ4n) is 3.95. The van der Waals surface area contributed by atoms with Crippen molar-refractivity contribution in [3.63, 3.8) is 0 Å². The van der Waals surface area contributed by atoms with E-state index in [9.17, 15) is 18.0 Å². The number of anilines is 3. The molecule has 0 saturated carbocycles. The van der Waals surface area contributed by atoms with Crippen molar-refractivity contribution in [1.82, 2.24) is 5.32 Å². The average molecular weight is 603 g/mol. The van der Waals surface area contributed by atoms with E-state index in [1.54, 1.807) is 49.4 Å². The second-order valence-electron chi connectivity index (χ2n) is 8.69. The predicted molar refractivity (Wildman–Crippen MR) is 159 cm³/mol. The van der Waals surface area contributed by atoms with Gasteiger partial charge in [0.15, 0.2) is 17.2 Å². The number of nitrogens with one attached hydrogen (secondary N) is 4. The molecule has 0 atom stereocenters. The van der Waals surface area contributed by atoms with E-state index < -0.39 is 22.0 Å². The van der Waals surface area contributed by atoms with E-state index in [1.807, 2.05) is 0 Å². The molecule has 0 aromatic heterocycles. The van der Waals surface area contributed by atoms with Crippen molar-refractivity contribution in [1.29, 1.82) is 0 Å². The highest BCUT2D eigenvalue weighted by Crippen LogP contribution is 2.34. The van der Waals surface area contributed by atoms with Gasteiger partial charge >= 0.3 is 6.03 Å². The summed E-state index contributed by atoms with van der Waals surface area (Å²) in [5.74, 6) is 1.25. The van der Waals surface area contributed by atoms with Crippen LogP contribution < -0.4 is 44.4 Å². The van der Waals surface area contributed by atoms with Gasteiger partial charge < -0.3 is 39.6 Å². The van der Waals surface area contributed by atoms with Crippen molar-refractivity contribution in [2.45, 2.75) is 13.5 Å². The van der Waals surface area contributed by atoms with Crippen molar-refractivity contribution in [3.8, 4) is 28.7 Å². The van der Waals surface area contributed by atoms with Gasteiger partial charge in [0.25, 0.3) is 5.91 Å². The van der Waals surface area contributed by atoms with Gasteiger partial charge in [0.1, 0.15) is 11.5 Å². The average Bonchev–Trinajstić information content (AvgIpc) is 2.96. The number of urea groups is 1. The molecule has 0 aliphatic heterocycles. The van der Waals surface area contributed by atoms with Gasteiger partial charge in [0.2, 0.25) is 10.0 Å². The quantitative estimate of drug-likeness (QED) is 0.226. The zero-order valence-corrected chi connectivity index (χ0v) is 24.9. The summed E-state index contributed by atoms with van der Waals surface area (Å²) in [5, 5.41) is 8.23. The van der Waals surface area contributed by atoms with Gasteiger partial charge in [0, 0.05) is 29.9 Å². The minimum Gasteiger partial charge on any atom is -0.496 e. The minimum absolute atomic E-state index is 0.00791. The molecule has 3 rings (SSSR count). The van der Waals surface area contributed by atoms with Crippen LogP contribution in [0.3, 0.4) is 0 Å². The summed E-state index contributed by atoms with van der Waals surface area (Å²) >= 11 is 0. The summed E-state index contributed by atoms with van der Waals surface area (Å²) in [7, 11) is 2.25. The van der Waals surface area contributed by atoms with Crippen molar-refractivity contribution >= 4 is 39.0 Å². The Morgan fingerprint density at radius 3 is 2.10 bits per heavy atom. The molecule has 0 bridgehead atoms. The smallest absolute Gasteiger partial charge is 0.319 e. The normalized spacial score (nSPS) is 10.7. The van der Waals surface area contributed by atoms with Gasteiger partial charge in [-0.3, -0.25) is 9.52 Å². The van der Waals surface area contributed by atoms with Crippen LogP contribution in [0.5, 0.6) is 28.7 Å². The summed E-state index contributed by atoms with van der Waals surface area (Å²) in [6.45, 7) is 2.00. The van der Waals surface area contributed by atoms with Gasteiger partial charge in [-0.25, -0.2) is 13.2 Å². The Labute approximate surface area is 244 Å². The lowest BCUT2D eigenvalue weighted by Gasteiger charge is -2.18. The van der Waals surface area contributed by atoms with Gasteiger partial charge in [-0.15, -0.1) is 0 Å². The minimum atomic E-state index is -3.57. The summed E-state index contributed by atoms with van der Waals surface area (Å²) in [6, 6.07) is 12.2. The molecule has 0 unspecified atom stereocenters. The number of carbonyl (C=O) groups is 2. The molecule has 0 radical (unpaired) electrons. The van der Waals surface area contributed by atoms with E-state index in [-0.39, 0.29) is 41.6 Å². The number of sulfonamides is 1. The van der Waals surface area contributed by atoms with Gasteiger partial charge in [0.05, 0.1) is 58.2 Å². The molecular formula is C28H34N4O9S. The Bertz CT molecular complexity index is 1540. The van der Waals surface area contributed by atoms with E-state index in [2.05, 4.69) is 20.7 Å². The molecule has 226 valence electrons. The van der Waals surface area contributed by atoms with Gasteiger partial charge in [-0.2, -0.15) is 0 Å². The number of ether oxygens (including phenoxy) is 5. The highest BCUT2D eigenvalue weighted by Gasteiger charge is 2.20. The third-order valence-corrected chi connectivity index (χ3v) is 6.37. The Morgan fingerprint density at radius 2 is 1.48 bits per heavy atom. The molecule has 4 N–H and O–H groups in total. The molecule has 3 amide bonds. The number of hydrogen-bond donors (Lipinski definition) is 4. The molecular weight excluding hydrogens is 568 g/mol. The Kier molecular flexibility index (Phi) is 10.7. The maximum atomic E-state index is 13.2. The number of methoxy groups -OCH3 is 4. The highest BCUT2D eigenvalue weighted by molar-refractivity contribution is 7.92. The summed E-state index contributed by atoms with van der Waals surface area (Å²) < 4.78 is 52.7. The monoisotopic (exact) mass is 602 g/mol. The van der Waals surface area contributed by atoms with Crippen LogP contribution in [0.2, 0.25) is 0 Å². The lowest BCUT2D eigenvalue weighted by Crippen LogP contribution is -2.29. The molecule has 0 spiro atoms. The topological polar surface area (TPSA) is 163 Å². The number of para-hydroxylation sites is 1. The number of hydrogen-bond acceptors (Lipinski definition) is 9. The molecule has 42 heavy (non-hydrogen) atoms. The fourth-order valence-corrected chi connectivity index (χ4v) is 4.51.